The Morgan fingerprint density at radius 1 is 0.886 bits per heavy atom. The maximum absolute atomic E-state index is 11.8. The van der Waals surface area contributed by atoms with Crippen molar-refractivity contribution < 1.29 is 43.5 Å². The van der Waals surface area contributed by atoms with Gasteiger partial charge in [0.05, 0.1) is 32.5 Å². The zero-order valence-corrected chi connectivity index (χ0v) is 21.8. The number of carbonyl (C=O) groups excluding carboxylic acids is 3. The molecule has 0 rings (SSSR count). The molecule has 0 aliphatic heterocycles. The van der Waals surface area contributed by atoms with Crippen molar-refractivity contribution in [3.05, 3.63) is 0 Å². The number of aliphatic hydroxyl groups excluding tert-OH is 2. The smallest absolute Gasteiger partial charge is 0.305 e. The molecule has 0 saturated heterocycles. The summed E-state index contributed by atoms with van der Waals surface area (Å²) < 4.78 is 20.8. The molecule has 4 N–H and O–H groups in total. The highest BCUT2D eigenvalue weighted by atomic mass is 16.6. The number of nitrogens with one attached hydrogen (secondary N) is 2. The lowest BCUT2D eigenvalue weighted by Crippen LogP contribution is -2.35. The van der Waals surface area contributed by atoms with E-state index in [4.69, 9.17) is 18.9 Å². The van der Waals surface area contributed by atoms with Gasteiger partial charge in [-0.3, -0.25) is 14.4 Å². The molecule has 0 saturated carbocycles. The molecule has 35 heavy (non-hydrogen) atoms. The number of aliphatic hydroxyl groups is 2. The van der Waals surface area contributed by atoms with Crippen LogP contribution in [0, 0.1) is 5.41 Å². The van der Waals surface area contributed by atoms with Crippen LogP contribution in [0.3, 0.4) is 0 Å². The van der Waals surface area contributed by atoms with Crippen LogP contribution in [0.2, 0.25) is 0 Å². The van der Waals surface area contributed by atoms with Gasteiger partial charge in [-0.05, 0) is 24.7 Å². The molecule has 0 aromatic carbocycles. The van der Waals surface area contributed by atoms with E-state index < -0.39 is 18.4 Å². The first-order chi connectivity index (χ1) is 16.6. The Hall–Kier alpha value is -1.79. The number of hydrogen-bond acceptors (Lipinski definition) is 9. The summed E-state index contributed by atoms with van der Waals surface area (Å²) in [5.41, 5.74) is -0.0889. The highest BCUT2D eigenvalue weighted by Crippen LogP contribution is 2.22. The fraction of sp³-hybridized carbons (Fsp3) is 0.875. The monoisotopic (exact) mass is 506 g/mol. The lowest BCUT2D eigenvalue weighted by atomic mass is 9.89. The SMILES string of the molecule is CCCOCCOCCC(=O)NCCNC(=O)CCCC(=O)OCC(O)OC(CO)CC(C)(C)C. The van der Waals surface area contributed by atoms with Gasteiger partial charge in [0.25, 0.3) is 0 Å². The van der Waals surface area contributed by atoms with Crippen LogP contribution in [-0.4, -0.2) is 93.1 Å². The fourth-order valence-electron chi connectivity index (χ4n) is 2.94. The Balaban J connectivity index is 3.74. The van der Waals surface area contributed by atoms with Gasteiger partial charge in [0.1, 0.15) is 6.61 Å². The maximum Gasteiger partial charge on any atom is 0.305 e. The molecule has 0 aliphatic rings. The summed E-state index contributed by atoms with van der Waals surface area (Å²) in [7, 11) is 0. The summed E-state index contributed by atoms with van der Waals surface area (Å²) in [5, 5.41) is 24.6. The maximum atomic E-state index is 11.8. The van der Waals surface area contributed by atoms with Crippen LogP contribution in [0.5, 0.6) is 0 Å². The normalized spacial score (nSPS) is 13.2. The van der Waals surface area contributed by atoms with Crippen molar-refractivity contribution in [3.8, 4) is 0 Å². The van der Waals surface area contributed by atoms with Crippen LogP contribution >= 0.6 is 0 Å². The third kappa shape index (κ3) is 22.4. The number of hydrogen-bond donors (Lipinski definition) is 4. The van der Waals surface area contributed by atoms with Crippen molar-refractivity contribution in [1.82, 2.24) is 10.6 Å². The zero-order valence-electron chi connectivity index (χ0n) is 21.8. The third-order valence-electron chi connectivity index (χ3n) is 4.53. The number of amides is 2. The molecule has 11 heteroatoms. The van der Waals surface area contributed by atoms with Crippen molar-refractivity contribution >= 4 is 17.8 Å². The molecular formula is C24H46N2O9. The van der Waals surface area contributed by atoms with Crippen molar-refractivity contribution in [3.63, 3.8) is 0 Å². The average molecular weight is 507 g/mol. The number of carbonyl (C=O) groups is 3. The fourth-order valence-corrected chi connectivity index (χ4v) is 2.94. The minimum atomic E-state index is -1.33. The zero-order chi connectivity index (χ0) is 26.5. The molecule has 206 valence electrons. The summed E-state index contributed by atoms with van der Waals surface area (Å²) in [6.45, 7) is 9.96. The quantitative estimate of drug-likeness (QED) is 0.101. The highest BCUT2D eigenvalue weighted by molar-refractivity contribution is 5.77. The van der Waals surface area contributed by atoms with Gasteiger partial charge in [0, 0.05) is 39.0 Å². The third-order valence-corrected chi connectivity index (χ3v) is 4.53. The van der Waals surface area contributed by atoms with E-state index in [1.807, 2.05) is 27.7 Å². The summed E-state index contributed by atoms with van der Waals surface area (Å²) >= 11 is 0. The molecule has 0 bridgehead atoms. The van der Waals surface area contributed by atoms with Gasteiger partial charge in [0.15, 0.2) is 6.29 Å². The lowest BCUT2D eigenvalue weighted by Gasteiger charge is -2.26. The van der Waals surface area contributed by atoms with E-state index in [0.717, 1.165) is 6.42 Å². The van der Waals surface area contributed by atoms with Gasteiger partial charge in [-0.1, -0.05) is 27.7 Å². The number of rotatable bonds is 21. The first kappa shape index (κ1) is 33.2. The van der Waals surface area contributed by atoms with E-state index in [9.17, 15) is 24.6 Å². The van der Waals surface area contributed by atoms with Crippen LogP contribution in [-0.2, 0) is 33.3 Å². The Morgan fingerprint density at radius 3 is 2.06 bits per heavy atom. The highest BCUT2D eigenvalue weighted by Gasteiger charge is 2.22. The van der Waals surface area contributed by atoms with Gasteiger partial charge in [-0.15, -0.1) is 0 Å². The topological polar surface area (TPSA) is 153 Å². The molecule has 2 atom stereocenters. The predicted molar refractivity (Wildman–Crippen MR) is 129 cm³/mol. The van der Waals surface area contributed by atoms with Crippen LogP contribution in [0.1, 0.15) is 66.2 Å². The molecule has 2 unspecified atom stereocenters. The molecule has 0 aromatic heterocycles. The van der Waals surface area contributed by atoms with E-state index in [1.165, 1.54) is 0 Å². The molecule has 2 amide bonds. The van der Waals surface area contributed by atoms with Crippen LogP contribution in [0.25, 0.3) is 0 Å². The number of ether oxygens (including phenoxy) is 4. The van der Waals surface area contributed by atoms with Crippen molar-refractivity contribution in [2.24, 2.45) is 5.41 Å². The Morgan fingerprint density at radius 2 is 1.49 bits per heavy atom. The molecule has 0 spiro atoms. The second-order valence-electron chi connectivity index (χ2n) is 9.37. The van der Waals surface area contributed by atoms with Gasteiger partial charge in [0.2, 0.25) is 11.8 Å². The molecular weight excluding hydrogens is 460 g/mol. The minimum Gasteiger partial charge on any atom is -0.460 e. The molecule has 0 radical (unpaired) electrons. The first-order valence-electron chi connectivity index (χ1n) is 12.4. The summed E-state index contributed by atoms with van der Waals surface area (Å²) in [4.78, 5) is 35.3. The molecule has 0 fully saturated rings. The van der Waals surface area contributed by atoms with E-state index in [-0.39, 0.29) is 62.7 Å². The van der Waals surface area contributed by atoms with Crippen molar-refractivity contribution in [2.45, 2.75) is 78.6 Å². The van der Waals surface area contributed by atoms with Crippen molar-refractivity contribution in [1.29, 1.82) is 0 Å². The van der Waals surface area contributed by atoms with E-state index in [1.54, 1.807) is 0 Å². The Kier molecular flexibility index (Phi) is 19.4. The van der Waals surface area contributed by atoms with Gasteiger partial charge < -0.3 is 39.8 Å². The summed E-state index contributed by atoms with van der Waals surface area (Å²) in [6, 6.07) is 0. The summed E-state index contributed by atoms with van der Waals surface area (Å²) in [5.74, 6) is -0.951. The molecule has 0 aromatic rings. The van der Waals surface area contributed by atoms with Gasteiger partial charge >= 0.3 is 5.97 Å². The predicted octanol–water partition coefficient (Wildman–Crippen LogP) is 0.898. The number of esters is 1. The standard InChI is InChI=1S/C24H46N2O9/c1-5-12-32-14-15-33-13-9-21(29)26-11-10-25-20(28)7-6-8-22(30)34-18-23(31)35-19(17-27)16-24(2,3)4/h19,23,27,31H,5-18H2,1-4H3,(H,25,28)(H,26,29). The molecule has 0 aliphatic carbocycles. The largest absolute Gasteiger partial charge is 0.460 e. The van der Waals surface area contributed by atoms with Gasteiger partial charge in [-0.25, -0.2) is 0 Å². The van der Waals surface area contributed by atoms with E-state index in [2.05, 4.69) is 10.6 Å². The van der Waals surface area contributed by atoms with Crippen molar-refractivity contribution in [2.75, 3.05) is 52.7 Å². The lowest BCUT2D eigenvalue weighted by molar-refractivity contribution is -0.187. The van der Waals surface area contributed by atoms with Crippen LogP contribution < -0.4 is 10.6 Å². The average Bonchev–Trinajstić information content (AvgIpc) is 2.78. The summed E-state index contributed by atoms with van der Waals surface area (Å²) in [6.07, 6.45) is 0.287. The van der Waals surface area contributed by atoms with E-state index in [0.29, 0.717) is 39.4 Å². The van der Waals surface area contributed by atoms with Crippen LogP contribution in [0.15, 0.2) is 0 Å². The van der Waals surface area contributed by atoms with Gasteiger partial charge in [-0.2, -0.15) is 0 Å². The molecule has 11 nitrogen and oxygen atoms in total. The Bertz CT molecular complexity index is 582. The van der Waals surface area contributed by atoms with E-state index >= 15 is 0 Å². The second-order valence-corrected chi connectivity index (χ2v) is 9.37. The molecule has 0 heterocycles. The first-order valence-corrected chi connectivity index (χ1v) is 12.4. The van der Waals surface area contributed by atoms with Crippen LogP contribution in [0.4, 0.5) is 0 Å². The minimum absolute atomic E-state index is 0.0196. The Labute approximate surface area is 209 Å². The second kappa shape index (κ2) is 20.4.